The topological polar surface area (TPSA) is 35.5 Å². The van der Waals surface area contributed by atoms with Crippen molar-refractivity contribution in [3.8, 4) is 11.5 Å². The average molecular weight is 471 g/mol. The molecule has 0 bridgehead atoms. The molecule has 0 aromatic heterocycles. The number of rotatable bonds is 8. The third-order valence-corrected chi connectivity index (χ3v) is 8.07. The van der Waals surface area contributed by atoms with Crippen molar-refractivity contribution in [3.05, 3.63) is 95.1 Å². The van der Waals surface area contributed by atoms with Crippen LogP contribution in [-0.4, -0.2) is 37.6 Å². The maximum Gasteiger partial charge on any atom is 0.161 e. The van der Waals surface area contributed by atoms with Crippen molar-refractivity contribution in [2.45, 2.75) is 38.8 Å². The quantitative estimate of drug-likeness (QED) is 0.401. The van der Waals surface area contributed by atoms with E-state index in [2.05, 4.69) is 72.8 Å². The number of hydrogen-bond donors (Lipinski definition) is 0. The van der Waals surface area contributed by atoms with E-state index >= 15 is 0 Å². The van der Waals surface area contributed by atoms with E-state index < -0.39 is 0 Å². The van der Waals surface area contributed by atoms with Crippen LogP contribution in [0.1, 0.15) is 35.1 Å². The number of likely N-dealkylation sites (tertiary alicyclic amines) is 1. The number of carbonyl (C=O) groups excluding carboxylic acids is 1. The van der Waals surface area contributed by atoms with Gasteiger partial charge in [0.15, 0.2) is 11.5 Å². The second kappa shape index (κ2) is 10.2. The molecule has 1 aliphatic heterocycles. The van der Waals surface area contributed by atoms with Gasteiger partial charge in [0.1, 0.15) is 18.9 Å². The lowest BCUT2D eigenvalue weighted by Gasteiger charge is -2.44. The summed E-state index contributed by atoms with van der Waals surface area (Å²) in [5.74, 6) is 2.20. The van der Waals surface area contributed by atoms with Gasteiger partial charge in [0.2, 0.25) is 0 Å². The lowest BCUT2D eigenvalue weighted by Crippen LogP contribution is -2.52. The zero-order valence-corrected chi connectivity index (χ0v) is 20.9. The fourth-order valence-electron chi connectivity index (χ4n) is 6.19. The minimum atomic E-state index is 0.0788. The molecular formula is C31H36NO3+. The number of methoxy groups -OCH3 is 2. The van der Waals surface area contributed by atoms with E-state index in [9.17, 15) is 4.79 Å². The fraction of sp³-hybridized carbons (Fsp3) is 0.387. The minimum Gasteiger partial charge on any atom is -0.493 e. The monoisotopic (exact) mass is 470 g/mol. The first kappa shape index (κ1) is 23.6. The zero-order chi connectivity index (χ0) is 24.3. The highest BCUT2D eigenvalue weighted by atomic mass is 16.5. The molecule has 3 aromatic rings. The summed E-state index contributed by atoms with van der Waals surface area (Å²) in [5.41, 5.74) is 5.22. The SMILES string of the molecule is COc1cc2c(cc1OC)CC(C(=O)C1CC[N+](Cc3ccccc3)(Cc3ccccc3)CC1)C2. The highest BCUT2D eigenvalue weighted by Gasteiger charge is 2.40. The molecule has 3 aromatic carbocycles. The van der Waals surface area contributed by atoms with Crippen molar-refractivity contribution < 1.29 is 18.8 Å². The van der Waals surface area contributed by atoms with Gasteiger partial charge in [-0.15, -0.1) is 0 Å². The zero-order valence-electron chi connectivity index (χ0n) is 20.9. The molecule has 0 spiro atoms. The van der Waals surface area contributed by atoms with Crippen LogP contribution in [-0.2, 0) is 30.7 Å². The lowest BCUT2D eigenvalue weighted by molar-refractivity contribution is -0.958. The van der Waals surface area contributed by atoms with Gasteiger partial charge in [-0.2, -0.15) is 0 Å². The predicted octanol–water partition coefficient (Wildman–Crippen LogP) is 5.61. The molecule has 0 atom stereocenters. The summed E-state index contributed by atoms with van der Waals surface area (Å²) in [7, 11) is 3.33. The molecule has 0 radical (unpaired) electrons. The predicted molar refractivity (Wildman–Crippen MR) is 138 cm³/mol. The Kier molecular flexibility index (Phi) is 6.92. The number of benzene rings is 3. The normalized spacial score (nSPS) is 17.7. The smallest absolute Gasteiger partial charge is 0.161 e. The van der Waals surface area contributed by atoms with Crippen LogP contribution < -0.4 is 9.47 Å². The number of fused-ring (bicyclic) bond motifs is 1. The van der Waals surface area contributed by atoms with Gasteiger partial charge in [0.25, 0.3) is 0 Å². The van der Waals surface area contributed by atoms with Crippen LogP contribution in [0.15, 0.2) is 72.8 Å². The summed E-state index contributed by atoms with van der Waals surface area (Å²) in [4.78, 5) is 13.6. The Labute approximate surface area is 209 Å². The number of carbonyl (C=O) groups is 1. The Morgan fingerprint density at radius 2 is 1.20 bits per heavy atom. The van der Waals surface area contributed by atoms with E-state index in [0.29, 0.717) is 5.78 Å². The van der Waals surface area contributed by atoms with Gasteiger partial charge in [-0.05, 0) is 36.1 Å². The average Bonchev–Trinajstić information content (AvgIpc) is 3.32. The van der Waals surface area contributed by atoms with Gasteiger partial charge in [-0.3, -0.25) is 4.79 Å². The summed E-state index contributed by atoms with van der Waals surface area (Å²) >= 11 is 0. The first-order valence-electron chi connectivity index (χ1n) is 12.8. The molecule has 2 aliphatic rings. The maximum absolute atomic E-state index is 13.6. The van der Waals surface area contributed by atoms with Crippen LogP contribution in [0.25, 0.3) is 0 Å². The van der Waals surface area contributed by atoms with Crippen molar-refractivity contribution in [2.24, 2.45) is 11.8 Å². The summed E-state index contributed by atoms with van der Waals surface area (Å²) < 4.78 is 12.0. The number of ether oxygens (including phenoxy) is 2. The van der Waals surface area contributed by atoms with Crippen molar-refractivity contribution in [2.75, 3.05) is 27.3 Å². The Balaban J connectivity index is 1.28. The van der Waals surface area contributed by atoms with Gasteiger partial charge in [0.05, 0.1) is 27.3 Å². The molecule has 182 valence electrons. The van der Waals surface area contributed by atoms with Crippen molar-refractivity contribution in [1.29, 1.82) is 0 Å². The van der Waals surface area contributed by atoms with E-state index in [1.165, 1.54) is 22.3 Å². The molecule has 1 aliphatic carbocycles. The van der Waals surface area contributed by atoms with Crippen LogP contribution in [0.5, 0.6) is 11.5 Å². The molecule has 0 amide bonds. The minimum absolute atomic E-state index is 0.0788. The van der Waals surface area contributed by atoms with E-state index in [1.54, 1.807) is 14.2 Å². The van der Waals surface area contributed by atoms with Crippen molar-refractivity contribution >= 4 is 5.78 Å². The van der Waals surface area contributed by atoms with Crippen LogP contribution >= 0.6 is 0 Å². The number of nitrogens with zero attached hydrogens (tertiary/aromatic N) is 1. The van der Waals surface area contributed by atoms with Crippen LogP contribution in [0.3, 0.4) is 0 Å². The number of ketones is 1. The molecule has 1 fully saturated rings. The van der Waals surface area contributed by atoms with Gasteiger partial charge >= 0.3 is 0 Å². The largest absolute Gasteiger partial charge is 0.493 e. The number of hydrogen-bond acceptors (Lipinski definition) is 3. The molecule has 35 heavy (non-hydrogen) atoms. The summed E-state index contributed by atoms with van der Waals surface area (Å²) in [6, 6.07) is 25.8. The summed E-state index contributed by atoms with van der Waals surface area (Å²) in [6.07, 6.45) is 3.58. The highest BCUT2D eigenvalue weighted by molar-refractivity contribution is 5.85. The second-order valence-corrected chi connectivity index (χ2v) is 10.3. The van der Waals surface area contributed by atoms with Gasteiger partial charge in [0, 0.05) is 35.8 Å². The highest BCUT2D eigenvalue weighted by Crippen LogP contribution is 2.39. The van der Waals surface area contributed by atoms with E-state index in [0.717, 1.165) is 67.8 Å². The van der Waals surface area contributed by atoms with Crippen LogP contribution in [0, 0.1) is 11.8 Å². The lowest BCUT2D eigenvalue weighted by atomic mass is 9.83. The van der Waals surface area contributed by atoms with E-state index in [-0.39, 0.29) is 11.8 Å². The van der Waals surface area contributed by atoms with Crippen LogP contribution in [0.4, 0.5) is 0 Å². The first-order chi connectivity index (χ1) is 17.1. The van der Waals surface area contributed by atoms with Crippen LogP contribution in [0.2, 0.25) is 0 Å². The fourth-order valence-corrected chi connectivity index (χ4v) is 6.19. The standard InChI is InChI=1S/C31H36NO3/c1-34-29-19-26-17-28(18-27(26)20-30(29)35-2)31(33)25-13-15-32(16-14-25,21-23-9-5-3-6-10-23)22-24-11-7-4-8-12-24/h3-12,19-20,25,28H,13-18,21-22H2,1-2H3/q+1. The second-order valence-electron chi connectivity index (χ2n) is 10.3. The van der Waals surface area contributed by atoms with E-state index in [4.69, 9.17) is 9.47 Å². The molecule has 0 unspecified atom stereocenters. The first-order valence-corrected chi connectivity index (χ1v) is 12.8. The number of Topliss-reactive ketones (excluding diaryl/α,β-unsaturated/α-hetero) is 1. The summed E-state index contributed by atoms with van der Waals surface area (Å²) in [5, 5.41) is 0. The molecular weight excluding hydrogens is 434 g/mol. The molecule has 0 N–H and O–H groups in total. The molecule has 4 nitrogen and oxygen atoms in total. The Morgan fingerprint density at radius 1 is 0.743 bits per heavy atom. The van der Waals surface area contributed by atoms with Gasteiger partial charge < -0.3 is 14.0 Å². The third-order valence-electron chi connectivity index (χ3n) is 8.07. The number of quaternary nitrogens is 1. The molecule has 5 rings (SSSR count). The molecule has 1 heterocycles. The Hall–Kier alpha value is -3.11. The maximum atomic E-state index is 13.6. The third kappa shape index (κ3) is 5.13. The van der Waals surface area contributed by atoms with Gasteiger partial charge in [-0.25, -0.2) is 0 Å². The van der Waals surface area contributed by atoms with Gasteiger partial charge in [-0.1, -0.05) is 60.7 Å². The molecule has 4 heteroatoms. The summed E-state index contributed by atoms with van der Waals surface area (Å²) in [6.45, 7) is 4.12. The number of piperidine rings is 1. The van der Waals surface area contributed by atoms with Crippen molar-refractivity contribution in [1.82, 2.24) is 0 Å². The van der Waals surface area contributed by atoms with Crippen molar-refractivity contribution in [3.63, 3.8) is 0 Å². The Bertz CT molecular complexity index is 1070. The molecule has 0 saturated carbocycles. The Morgan fingerprint density at radius 3 is 1.63 bits per heavy atom. The van der Waals surface area contributed by atoms with E-state index in [1.807, 2.05) is 0 Å². The molecule has 1 saturated heterocycles.